The number of hydrogen-bond donors (Lipinski definition) is 3. The minimum atomic E-state index is -0.441. The first kappa shape index (κ1) is 13.8. The lowest BCUT2D eigenvalue weighted by Gasteiger charge is -2.08. The number of nitrogens with zero attached hydrogens (tertiary/aromatic N) is 1. The molecule has 2 aromatic rings. The lowest BCUT2D eigenvalue weighted by Crippen LogP contribution is -2.09. The van der Waals surface area contributed by atoms with Crippen LogP contribution in [0.5, 0.6) is 0 Å². The Morgan fingerprint density at radius 3 is 2.45 bits per heavy atom. The highest BCUT2D eigenvalue weighted by Crippen LogP contribution is 2.23. The molecule has 0 aromatic heterocycles. The lowest BCUT2D eigenvalue weighted by atomic mass is 10.1. The van der Waals surface area contributed by atoms with Gasteiger partial charge in [0, 0.05) is 24.4 Å². The molecule has 0 atom stereocenters. The molecule has 20 heavy (non-hydrogen) atoms. The molecule has 4 N–H and O–H groups in total. The number of nitrogens with two attached hydrogens (primary N) is 1. The van der Waals surface area contributed by atoms with Crippen molar-refractivity contribution in [2.24, 2.45) is 5.84 Å². The van der Waals surface area contributed by atoms with Gasteiger partial charge in [0.15, 0.2) is 0 Å². The van der Waals surface area contributed by atoms with E-state index in [0.29, 0.717) is 17.9 Å². The van der Waals surface area contributed by atoms with E-state index in [1.165, 1.54) is 17.7 Å². The predicted octanol–water partition coefficient (Wildman–Crippen LogP) is 2.54. The summed E-state index contributed by atoms with van der Waals surface area (Å²) in [4.78, 5) is 10.4. The lowest BCUT2D eigenvalue weighted by molar-refractivity contribution is -0.384. The Morgan fingerprint density at radius 2 is 1.80 bits per heavy atom. The summed E-state index contributed by atoms with van der Waals surface area (Å²) in [6.07, 6.45) is 0.842. The molecule has 0 spiro atoms. The van der Waals surface area contributed by atoms with Crippen molar-refractivity contribution in [2.45, 2.75) is 6.42 Å². The van der Waals surface area contributed by atoms with Crippen molar-refractivity contribution < 1.29 is 4.92 Å². The van der Waals surface area contributed by atoms with Crippen LogP contribution in [0.25, 0.3) is 0 Å². The number of rotatable bonds is 6. The Balaban J connectivity index is 2.02. The van der Waals surface area contributed by atoms with Gasteiger partial charge in [0.1, 0.15) is 0 Å². The molecule has 6 heteroatoms. The zero-order valence-corrected chi connectivity index (χ0v) is 10.9. The highest BCUT2D eigenvalue weighted by molar-refractivity contribution is 5.63. The van der Waals surface area contributed by atoms with E-state index in [1.54, 1.807) is 6.07 Å². The maximum atomic E-state index is 10.8. The van der Waals surface area contributed by atoms with Gasteiger partial charge in [-0.1, -0.05) is 30.3 Å². The molecule has 0 bridgehead atoms. The molecule has 0 amide bonds. The number of hydrazine groups is 1. The fraction of sp³-hybridized carbons (Fsp3) is 0.143. The maximum absolute atomic E-state index is 10.8. The average molecular weight is 272 g/mol. The number of hydrogen-bond acceptors (Lipinski definition) is 5. The molecular weight excluding hydrogens is 256 g/mol. The fourth-order valence-corrected chi connectivity index (χ4v) is 1.90. The molecular formula is C14H16N4O2. The van der Waals surface area contributed by atoms with E-state index in [9.17, 15) is 10.1 Å². The van der Waals surface area contributed by atoms with Crippen LogP contribution in [0.2, 0.25) is 0 Å². The molecule has 0 radical (unpaired) electrons. The third-order valence-corrected chi connectivity index (χ3v) is 2.88. The quantitative estimate of drug-likeness (QED) is 0.427. The zero-order valence-electron chi connectivity index (χ0n) is 10.9. The smallest absolute Gasteiger partial charge is 0.273 e. The summed E-state index contributed by atoms with van der Waals surface area (Å²) in [7, 11) is 0. The van der Waals surface area contributed by atoms with Crippen LogP contribution >= 0.6 is 0 Å². The van der Waals surface area contributed by atoms with Gasteiger partial charge in [-0.3, -0.25) is 16.0 Å². The molecule has 0 aliphatic heterocycles. The molecule has 0 fully saturated rings. The summed E-state index contributed by atoms with van der Waals surface area (Å²) in [5.41, 5.74) is 4.81. The largest absolute Gasteiger partial charge is 0.384 e. The Bertz CT molecular complexity index is 587. The first-order chi connectivity index (χ1) is 9.69. The third-order valence-electron chi connectivity index (χ3n) is 2.88. The average Bonchev–Trinajstić information content (AvgIpc) is 2.48. The third kappa shape index (κ3) is 3.69. The topological polar surface area (TPSA) is 93.2 Å². The van der Waals surface area contributed by atoms with Crippen LogP contribution in [0.1, 0.15) is 5.56 Å². The van der Waals surface area contributed by atoms with Crippen molar-refractivity contribution in [1.29, 1.82) is 0 Å². The summed E-state index contributed by atoms with van der Waals surface area (Å²) in [5, 5.41) is 14.0. The summed E-state index contributed by atoms with van der Waals surface area (Å²) in [5.74, 6) is 5.31. The van der Waals surface area contributed by atoms with Crippen molar-refractivity contribution in [1.82, 2.24) is 0 Å². The second kappa shape index (κ2) is 6.53. The van der Waals surface area contributed by atoms with Crippen molar-refractivity contribution >= 4 is 17.1 Å². The summed E-state index contributed by atoms with van der Waals surface area (Å²) in [6, 6.07) is 14.6. The van der Waals surface area contributed by atoms with Crippen LogP contribution < -0.4 is 16.6 Å². The minimum Gasteiger partial charge on any atom is -0.384 e. The van der Waals surface area contributed by atoms with Gasteiger partial charge in [-0.15, -0.1) is 0 Å². The van der Waals surface area contributed by atoms with E-state index in [2.05, 4.69) is 10.7 Å². The Kier molecular flexibility index (Phi) is 4.52. The number of non-ortho nitro benzene ring substituents is 1. The summed E-state index contributed by atoms with van der Waals surface area (Å²) < 4.78 is 0. The van der Waals surface area contributed by atoms with Gasteiger partial charge in [-0.2, -0.15) is 0 Å². The van der Waals surface area contributed by atoms with Crippen LogP contribution in [0.3, 0.4) is 0 Å². The number of nitro benzene ring substituents is 1. The van der Waals surface area contributed by atoms with E-state index in [-0.39, 0.29) is 5.69 Å². The molecule has 6 nitrogen and oxygen atoms in total. The van der Waals surface area contributed by atoms with Crippen molar-refractivity contribution in [3.63, 3.8) is 0 Å². The van der Waals surface area contributed by atoms with Crippen LogP contribution in [0.4, 0.5) is 17.1 Å². The van der Waals surface area contributed by atoms with Crippen molar-refractivity contribution in [3.05, 3.63) is 64.2 Å². The number of nitrogens with one attached hydrogen (secondary N) is 2. The van der Waals surface area contributed by atoms with E-state index >= 15 is 0 Å². The molecule has 0 unspecified atom stereocenters. The van der Waals surface area contributed by atoms with Gasteiger partial charge in [0.05, 0.1) is 10.6 Å². The maximum Gasteiger partial charge on any atom is 0.273 e. The molecule has 0 saturated carbocycles. The van der Waals surface area contributed by atoms with Crippen molar-refractivity contribution in [3.8, 4) is 0 Å². The van der Waals surface area contributed by atoms with Crippen LogP contribution in [-0.4, -0.2) is 11.5 Å². The van der Waals surface area contributed by atoms with Crippen molar-refractivity contribution in [2.75, 3.05) is 17.3 Å². The predicted molar refractivity (Wildman–Crippen MR) is 79.5 cm³/mol. The van der Waals surface area contributed by atoms with Gasteiger partial charge in [0.2, 0.25) is 0 Å². The number of nitro groups is 1. The molecule has 0 aliphatic carbocycles. The normalized spacial score (nSPS) is 10.1. The number of anilines is 2. The SMILES string of the molecule is NNc1cc(NCCc2ccccc2)cc([N+](=O)[O-])c1. The van der Waals surface area contributed by atoms with Gasteiger partial charge in [0.25, 0.3) is 5.69 Å². The first-order valence-electron chi connectivity index (χ1n) is 6.23. The molecule has 0 aliphatic rings. The van der Waals surface area contributed by atoms with E-state index < -0.39 is 4.92 Å². The Morgan fingerprint density at radius 1 is 1.10 bits per heavy atom. The van der Waals surface area contributed by atoms with E-state index in [4.69, 9.17) is 5.84 Å². The standard InChI is InChI=1S/C14H16N4O2/c15-17-13-8-12(9-14(10-13)18(19)20)16-7-6-11-4-2-1-3-5-11/h1-5,8-10,16-17H,6-7,15H2. The Labute approximate surface area is 116 Å². The monoisotopic (exact) mass is 272 g/mol. The van der Waals surface area contributed by atoms with Gasteiger partial charge >= 0.3 is 0 Å². The highest BCUT2D eigenvalue weighted by atomic mass is 16.6. The Hall–Kier alpha value is -2.60. The number of benzene rings is 2. The van der Waals surface area contributed by atoms with Gasteiger partial charge < -0.3 is 10.7 Å². The molecule has 104 valence electrons. The fourth-order valence-electron chi connectivity index (χ4n) is 1.90. The second-order valence-electron chi connectivity index (χ2n) is 4.33. The highest BCUT2D eigenvalue weighted by Gasteiger charge is 2.09. The van der Waals surface area contributed by atoms with Crippen LogP contribution in [-0.2, 0) is 6.42 Å². The minimum absolute atomic E-state index is 0.00246. The second-order valence-corrected chi connectivity index (χ2v) is 4.33. The van der Waals surface area contributed by atoms with Gasteiger partial charge in [-0.05, 0) is 18.1 Å². The molecule has 0 saturated heterocycles. The molecule has 2 aromatic carbocycles. The summed E-state index contributed by atoms with van der Waals surface area (Å²) >= 11 is 0. The first-order valence-corrected chi connectivity index (χ1v) is 6.23. The van der Waals surface area contributed by atoms with Crippen LogP contribution in [0.15, 0.2) is 48.5 Å². The van der Waals surface area contributed by atoms with Crippen LogP contribution in [0, 0.1) is 10.1 Å². The van der Waals surface area contributed by atoms with E-state index in [0.717, 1.165) is 6.42 Å². The zero-order chi connectivity index (χ0) is 14.4. The van der Waals surface area contributed by atoms with E-state index in [1.807, 2.05) is 30.3 Å². The molecule has 2 rings (SSSR count). The molecule has 0 heterocycles. The van der Waals surface area contributed by atoms with Gasteiger partial charge in [-0.25, -0.2) is 0 Å². The number of nitrogen functional groups attached to an aromatic ring is 1. The summed E-state index contributed by atoms with van der Waals surface area (Å²) in [6.45, 7) is 0.690.